The van der Waals surface area contributed by atoms with Gasteiger partial charge >= 0.3 is 0 Å². The number of hydrogen-bond acceptors (Lipinski definition) is 8. The van der Waals surface area contributed by atoms with E-state index in [1.807, 2.05) is 38.1 Å². The van der Waals surface area contributed by atoms with E-state index in [1.165, 1.54) is 4.90 Å². The van der Waals surface area contributed by atoms with E-state index in [0.717, 1.165) is 34.3 Å². The molecular weight excluding hydrogens is 512 g/mol. The zero-order chi connectivity index (χ0) is 26.5. The number of hydrogen-bond donors (Lipinski definition) is 1. The Morgan fingerprint density at radius 1 is 0.892 bits per heavy atom. The average molecular weight is 539 g/mol. The Hall–Kier alpha value is -3.56. The van der Waals surface area contributed by atoms with Crippen molar-refractivity contribution in [3.63, 3.8) is 0 Å². The van der Waals surface area contributed by atoms with Gasteiger partial charge in [0, 0.05) is 23.0 Å². The lowest BCUT2D eigenvalue weighted by atomic mass is 10.1. The van der Waals surface area contributed by atoms with Crippen molar-refractivity contribution >= 4 is 35.2 Å². The molecule has 2 aromatic carbocycles. The molecule has 3 aromatic rings. The number of nitrogens with one attached hydrogen (secondary N) is 1. The van der Waals surface area contributed by atoms with Crippen LogP contribution >= 0.6 is 23.4 Å². The number of methoxy groups -OCH3 is 2. The molecule has 0 radical (unpaired) electrons. The van der Waals surface area contributed by atoms with E-state index in [1.54, 1.807) is 38.5 Å². The molecule has 8 nitrogen and oxygen atoms in total. The Labute approximate surface area is 225 Å². The summed E-state index contributed by atoms with van der Waals surface area (Å²) >= 11 is 7.09. The highest BCUT2D eigenvalue weighted by molar-refractivity contribution is 8.04. The number of carbonyl (C=O) groups excluding carboxylic acids is 2. The first-order chi connectivity index (χ1) is 17.8. The predicted molar refractivity (Wildman–Crippen MR) is 143 cm³/mol. The Balaban J connectivity index is 1.57. The number of aryl methyl sites for hydroxylation is 2. The first kappa shape index (κ1) is 26.5. The van der Waals surface area contributed by atoms with Crippen molar-refractivity contribution in [1.29, 1.82) is 0 Å². The predicted octanol–water partition coefficient (Wildman–Crippen LogP) is 4.47. The summed E-state index contributed by atoms with van der Waals surface area (Å²) < 4.78 is 10.7. The topological polar surface area (TPSA) is 93.6 Å². The van der Waals surface area contributed by atoms with Crippen molar-refractivity contribution in [2.75, 3.05) is 20.8 Å². The van der Waals surface area contributed by atoms with Crippen molar-refractivity contribution < 1.29 is 19.1 Å². The van der Waals surface area contributed by atoms with Gasteiger partial charge in [-0.25, -0.2) is 9.97 Å². The van der Waals surface area contributed by atoms with Gasteiger partial charge in [0.05, 0.1) is 20.8 Å². The fourth-order valence-corrected chi connectivity index (χ4v) is 5.07. The molecule has 10 heteroatoms. The van der Waals surface area contributed by atoms with Gasteiger partial charge in [-0.05, 0) is 73.5 Å². The number of imide groups is 1. The van der Waals surface area contributed by atoms with Crippen LogP contribution in [0.4, 0.5) is 0 Å². The number of amides is 2. The first-order valence-corrected chi connectivity index (χ1v) is 12.8. The van der Waals surface area contributed by atoms with Crippen LogP contribution in [-0.4, -0.2) is 47.4 Å². The lowest BCUT2D eigenvalue weighted by Gasteiger charge is -2.15. The Bertz CT molecular complexity index is 1340. The van der Waals surface area contributed by atoms with Crippen LogP contribution in [0.15, 0.2) is 64.3 Å². The van der Waals surface area contributed by atoms with Gasteiger partial charge in [0.25, 0.3) is 11.8 Å². The third-order valence-corrected chi connectivity index (χ3v) is 6.90. The molecule has 37 heavy (non-hydrogen) atoms. The summed E-state index contributed by atoms with van der Waals surface area (Å²) in [5.74, 6) is 0.493. The monoisotopic (exact) mass is 538 g/mol. The third-order valence-electron chi connectivity index (χ3n) is 5.70. The number of ether oxygens (including phenoxy) is 2. The molecule has 1 N–H and O–H groups in total. The molecule has 2 heterocycles. The normalized spacial score (nSPS) is 13.4. The van der Waals surface area contributed by atoms with Crippen LogP contribution in [0.2, 0.25) is 5.02 Å². The van der Waals surface area contributed by atoms with Gasteiger partial charge in [-0.3, -0.25) is 14.5 Å². The molecule has 0 fully saturated rings. The molecule has 0 atom stereocenters. The van der Waals surface area contributed by atoms with Crippen molar-refractivity contribution in [3.8, 4) is 11.5 Å². The zero-order valence-electron chi connectivity index (χ0n) is 21.0. The molecule has 1 aliphatic heterocycles. The maximum atomic E-state index is 13.4. The van der Waals surface area contributed by atoms with Gasteiger partial charge in [-0.2, -0.15) is 0 Å². The van der Waals surface area contributed by atoms with E-state index in [9.17, 15) is 9.59 Å². The number of carbonyl (C=O) groups is 2. The van der Waals surface area contributed by atoms with Gasteiger partial charge in [-0.1, -0.05) is 29.8 Å². The quantitative estimate of drug-likeness (QED) is 0.298. The molecule has 0 unspecified atom stereocenters. The number of benzene rings is 2. The molecule has 0 spiro atoms. The SMILES string of the molecule is COc1ccc(CCNC2=C(Sc3nc(C)cc(C)n3)C(=O)N(Cc3ccc(Cl)cc3)C2=O)cc1OC. The van der Waals surface area contributed by atoms with E-state index in [2.05, 4.69) is 15.3 Å². The Morgan fingerprint density at radius 3 is 2.19 bits per heavy atom. The average Bonchev–Trinajstić information content (AvgIpc) is 3.08. The highest BCUT2D eigenvalue weighted by Gasteiger charge is 2.39. The van der Waals surface area contributed by atoms with E-state index in [0.29, 0.717) is 34.6 Å². The number of rotatable bonds is 10. The van der Waals surface area contributed by atoms with Crippen molar-refractivity contribution in [3.05, 3.63) is 86.7 Å². The molecular formula is C27H27ClN4O4S. The van der Waals surface area contributed by atoms with Crippen molar-refractivity contribution in [2.45, 2.75) is 32.0 Å². The number of nitrogens with zero attached hydrogens (tertiary/aromatic N) is 3. The van der Waals surface area contributed by atoms with Crippen LogP contribution in [-0.2, 0) is 22.6 Å². The zero-order valence-corrected chi connectivity index (χ0v) is 22.6. The molecule has 0 bridgehead atoms. The van der Waals surface area contributed by atoms with Crippen LogP contribution < -0.4 is 14.8 Å². The third kappa shape index (κ3) is 6.23. The summed E-state index contributed by atoms with van der Waals surface area (Å²) in [6, 6.07) is 14.6. The van der Waals surface area contributed by atoms with Gasteiger partial charge in [0.2, 0.25) is 0 Å². The smallest absolute Gasteiger partial charge is 0.278 e. The maximum absolute atomic E-state index is 13.4. The standard InChI is InChI=1S/C27H27ClN4O4S/c1-16-13-17(2)31-27(30-16)37-24-23(29-12-11-18-7-10-21(35-3)22(14-18)36-4)25(33)32(26(24)34)15-19-5-8-20(28)9-6-19/h5-10,13-14,29H,11-12,15H2,1-4H3. The maximum Gasteiger partial charge on any atom is 0.278 e. The van der Waals surface area contributed by atoms with Crippen LogP contribution in [0.25, 0.3) is 0 Å². The fourth-order valence-electron chi connectivity index (χ4n) is 3.92. The summed E-state index contributed by atoms with van der Waals surface area (Å²) in [5.41, 5.74) is 3.60. The molecule has 2 amide bonds. The minimum absolute atomic E-state index is 0.132. The summed E-state index contributed by atoms with van der Waals surface area (Å²) in [5, 5.41) is 4.20. The lowest BCUT2D eigenvalue weighted by Crippen LogP contribution is -2.33. The van der Waals surface area contributed by atoms with E-state index in [4.69, 9.17) is 21.1 Å². The molecule has 4 rings (SSSR count). The van der Waals surface area contributed by atoms with Crippen molar-refractivity contribution in [1.82, 2.24) is 20.2 Å². The second kappa shape index (κ2) is 11.7. The van der Waals surface area contributed by atoms with Gasteiger partial charge in [0.1, 0.15) is 10.6 Å². The molecule has 1 aromatic heterocycles. The second-order valence-corrected chi connectivity index (χ2v) is 9.84. The molecule has 192 valence electrons. The van der Waals surface area contributed by atoms with E-state index >= 15 is 0 Å². The first-order valence-electron chi connectivity index (χ1n) is 11.6. The minimum atomic E-state index is -0.390. The van der Waals surface area contributed by atoms with Crippen LogP contribution in [0.5, 0.6) is 11.5 Å². The minimum Gasteiger partial charge on any atom is -0.493 e. The van der Waals surface area contributed by atoms with Crippen LogP contribution in [0.3, 0.4) is 0 Å². The highest BCUT2D eigenvalue weighted by atomic mass is 35.5. The second-order valence-electron chi connectivity index (χ2n) is 8.43. The van der Waals surface area contributed by atoms with Gasteiger partial charge in [0.15, 0.2) is 16.7 Å². The fraction of sp³-hybridized carbons (Fsp3) is 0.259. The summed E-state index contributed by atoms with van der Waals surface area (Å²) in [7, 11) is 3.17. The van der Waals surface area contributed by atoms with Crippen LogP contribution in [0, 0.1) is 13.8 Å². The Morgan fingerprint density at radius 2 is 1.54 bits per heavy atom. The van der Waals surface area contributed by atoms with Gasteiger partial charge < -0.3 is 14.8 Å². The molecule has 0 aliphatic carbocycles. The molecule has 1 aliphatic rings. The summed E-state index contributed by atoms with van der Waals surface area (Å²) in [6.45, 7) is 4.29. The largest absolute Gasteiger partial charge is 0.493 e. The van der Waals surface area contributed by atoms with Gasteiger partial charge in [-0.15, -0.1) is 0 Å². The van der Waals surface area contributed by atoms with E-state index < -0.39 is 0 Å². The summed E-state index contributed by atoms with van der Waals surface area (Å²) in [4.78, 5) is 37.2. The van der Waals surface area contributed by atoms with E-state index in [-0.39, 0.29) is 29.0 Å². The number of aromatic nitrogens is 2. The highest BCUT2D eigenvalue weighted by Crippen LogP contribution is 2.34. The molecule has 0 saturated heterocycles. The number of halogens is 1. The molecule has 0 saturated carbocycles. The number of thioether (sulfide) groups is 1. The lowest BCUT2D eigenvalue weighted by molar-refractivity contribution is -0.138. The Kier molecular flexibility index (Phi) is 8.35. The van der Waals surface area contributed by atoms with Crippen molar-refractivity contribution in [2.24, 2.45) is 0 Å². The summed E-state index contributed by atoms with van der Waals surface area (Å²) in [6.07, 6.45) is 0.598. The van der Waals surface area contributed by atoms with Crippen LogP contribution in [0.1, 0.15) is 22.5 Å².